The van der Waals surface area contributed by atoms with Gasteiger partial charge in [-0.3, -0.25) is 14.5 Å². The second-order valence-corrected chi connectivity index (χ2v) is 6.75. The Morgan fingerprint density at radius 1 is 1.20 bits per heavy atom. The van der Waals surface area contributed by atoms with Crippen LogP contribution in [0.5, 0.6) is 0 Å². The Bertz CT molecular complexity index is 852. The molecule has 2 aromatic rings. The van der Waals surface area contributed by atoms with Gasteiger partial charge in [0.25, 0.3) is 11.1 Å². The van der Waals surface area contributed by atoms with E-state index in [1.165, 1.54) is 12.1 Å². The van der Waals surface area contributed by atoms with Crippen molar-refractivity contribution in [2.24, 2.45) is 0 Å². The van der Waals surface area contributed by atoms with Gasteiger partial charge in [-0.15, -0.1) is 0 Å². The third-order valence-corrected chi connectivity index (χ3v) is 4.73. The molecular weight excluding hydrogens is 340 g/mol. The van der Waals surface area contributed by atoms with Crippen molar-refractivity contribution in [2.75, 3.05) is 5.32 Å². The summed E-state index contributed by atoms with van der Waals surface area (Å²) in [5.41, 5.74) is 2.38. The number of benzene rings is 2. The van der Waals surface area contributed by atoms with E-state index in [-0.39, 0.29) is 23.3 Å². The largest absolute Gasteiger partial charge is 0.545 e. The third-order valence-electron chi connectivity index (χ3n) is 3.75. The van der Waals surface area contributed by atoms with Crippen LogP contribution in [0.2, 0.25) is 0 Å². The van der Waals surface area contributed by atoms with Crippen LogP contribution in [-0.2, 0) is 11.3 Å². The number of imide groups is 1. The van der Waals surface area contributed by atoms with E-state index in [2.05, 4.69) is 5.32 Å². The molecule has 25 heavy (non-hydrogen) atoms. The van der Waals surface area contributed by atoms with Crippen molar-refractivity contribution >= 4 is 34.6 Å². The number of aromatic carboxylic acids is 1. The highest BCUT2D eigenvalue weighted by Crippen LogP contribution is 2.29. The number of anilines is 1. The van der Waals surface area contributed by atoms with E-state index in [0.717, 1.165) is 27.9 Å². The molecule has 1 aliphatic rings. The lowest BCUT2D eigenvalue weighted by Gasteiger charge is -2.16. The van der Waals surface area contributed by atoms with Gasteiger partial charge in [0.2, 0.25) is 0 Å². The van der Waals surface area contributed by atoms with Crippen LogP contribution >= 0.6 is 11.8 Å². The number of amides is 2. The summed E-state index contributed by atoms with van der Waals surface area (Å²) >= 11 is 0.910. The summed E-state index contributed by atoms with van der Waals surface area (Å²) in [7, 11) is 0. The standard InChI is InChI=1S/C18H16N2O4S/c1-11-4-2-7-14(8-11)19-15-16(21)20(18(24)25-15)10-12-5-3-6-13(9-12)17(22)23/h2-9,15,19H,10H2,1H3,(H,22,23)/p-1/t15-/m1/s1. The maximum atomic E-state index is 12.5. The number of thioether (sulfide) groups is 1. The van der Waals surface area contributed by atoms with Crippen LogP contribution in [0.4, 0.5) is 10.5 Å². The smallest absolute Gasteiger partial charge is 0.291 e. The second-order valence-electron chi connectivity index (χ2n) is 5.69. The maximum Gasteiger partial charge on any atom is 0.291 e. The van der Waals surface area contributed by atoms with Crippen molar-refractivity contribution in [1.82, 2.24) is 4.90 Å². The minimum absolute atomic E-state index is 0.0127. The van der Waals surface area contributed by atoms with Crippen molar-refractivity contribution in [3.63, 3.8) is 0 Å². The summed E-state index contributed by atoms with van der Waals surface area (Å²) in [5.74, 6) is -1.65. The van der Waals surface area contributed by atoms with Gasteiger partial charge < -0.3 is 15.2 Å². The average Bonchev–Trinajstić information content (AvgIpc) is 2.83. The van der Waals surface area contributed by atoms with Crippen molar-refractivity contribution in [1.29, 1.82) is 0 Å². The van der Waals surface area contributed by atoms with Gasteiger partial charge in [-0.2, -0.15) is 0 Å². The first kappa shape index (κ1) is 17.0. The number of carboxylic acid groups (broad SMARTS) is 1. The summed E-state index contributed by atoms with van der Waals surface area (Å²) in [6.45, 7) is 1.97. The molecule has 1 N–H and O–H groups in total. The van der Waals surface area contributed by atoms with Crippen LogP contribution in [0.15, 0.2) is 48.5 Å². The molecule has 1 heterocycles. The van der Waals surface area contributed by atoms with E-state index in [0.29, 0.717) is 5.56 Å². The van der Waals surface area contributed by atoms with Crippen molar-refractivity contribution in [3.05, 3.63) is 65.2 Å². The number of hydrogen-bond donors (Lipinski definition) is 1. The van der Waals surface area contributed by atoms with Gasteiger partial charge >= 0.3 is 0 Å². The molecule has 0 radical (unpaired) electrons. The molecule has 0 bridgehead atoms. The normalized spacial score (nSPS) is 17.0. The molecule has 0 aromatic heterocycles. The van der Waals surface area contributed by atoms with E-state index in [1.807, 2.05) is 31.2 Å². The van der Waals surface area contributed by atoms with Crippen LogP contribution in [0.25, 0.3) is 0 Å². The second kappa shape index (κ2) is 6.98. The van der Waals surface area contributed by atoms with Crippen LogP contribution in [0.3, 0.4) is 0 Å². The van der Waals surface area contributed by atoms with E-state index >= 15 is 0 Å². The molecule has 7 heteroatoms. The quantitative estimate of drug-likeness (QED) is 0.882. The summed E-state index contributed by atoms with van der Waals surface area (Å²) < 4.78 is 0. The molecule has 0 unspecified atom stereocenters. The highest BCUT2D eigenvalue weighted by Gasteiger charge is 2.39. The number of carboxylic acids is 1. The third kappa shape index (κ3) is 3.83. The van der Waals surface area contributed by atoms with Gasteiger partial charge in [-0.1, -0.05) is 30.3 Å². The number of hydrogen-bond acceptors (Lipinski definition) is 6. The molecule has 0 aliphatic carbocycles. The number of aryl methyl sites for hydroxylation is 1. The topological polar surface area (TPSA) is 89.5 Å². The van der Waals surface area contributed by atoms with E-state index in [4.69, 9.17) is 0 Å². The number of nitrogens with zero attached hydrogens (tertiary/aromatic N) is 1. The van der Waals surface area contributed by atoms with Crippen molar-refractivity contribution in [3.8, 4) is 0 Å². The van der Waals surface area contributed by atoms with Crippen LogP contribution < -0.4 is 10.4 Å². The monoisotopic (exact) mass is 355 g/mol. The van der Waals surface area contributed by atoms with Gasteiger partial charge in [0.1, 0.15) is 0 Å². The first-order chi connectivity index (χ1) is 11.9. The molecule has 1 aliphatic heterocycles. The summed E-state index contributed by atoms with van der Waals surface area (Å²) in [5, 5.41) is 12.9. The SMILES string of the molecule is Cc1cccc(N[C@@H]2SC(=O)N(Cc3cccc(C(=O)[O-])c3)C2=O)c1. The Morgan fingerprint density at radius 2 is 1.96 bits per heavy atom. The molecule has 2 amide bonds. The lowest BCUT2D eigenvalue weighted by Crippen LogP contribution is -2.34. The molecule has 6 nitrogen and oxygen atoms in total. The summed E-state index contributed by atoms with van der Waals surface area (Å²) in [6.07, 6.45) is 0. The predicted octanol–water partition coefficient (Wildman–Crippen LogP) is 1.99. The van der Waals surface area contributed by atoms with E-state index in [1.54, 1.807) is 12.1 Å². The average molecular weight is 355 g/mol. The minimum Gasteiger partial charge on any atom is -0.545 e. The minimum atomic E-state index is -1.30. The Balaban J connectivity index is 1.73. The number of nitrogens with one attached hydrogen (secondary N) is 1. The number of carbonyl (C=O) groups excluding carboxylic acids is 3. The number of carbonyl (C=O) groups is 3. The maximum absolute atomic E-state index is 12.5. The fourth-order valence-electron chi connectivity index (χ4n) is 2.55. The van der Waals surface area contributed by atoms with Gasteiger partial charge in [-0.05, 0) is 53.6 Å². The zero-order valence-corrected chi connectivity index (χ0v) is 14.2. The molecule has 0 spiro atoms. The first-order valence-corrected chi connectivity index (χ1v) is 8.47. The van der Waals surface area contributed by atoms with Crippen molar-refractivity contribution in [2.45, 2.75) is 18.8 Å². The number of rotatable bonds is 5. The Kier molecular flexibility index (Phi) is 4.76. The fraction of sp³-hybridized carbons (Fsp3) is 0.167. The molecule has 1 saturated heterocycles. The molecule has 2 aromatic carbocycles. The Labute approximate surface area is 148 Å². The molecular formula is C18H15N2O4S-. The summed E-state index contributed by atoms with van der Waals surface area (Å²) in [6, 6.07) is 13.6. The van der Waals surface area contributed by atoms with Crippen LogP contribution in [0.1, 0.15) is 21.5 Å². The van der Waals surface area contributed by atoms with E-state index < -0.39 is 11.3 Å². The van der Waals surface area contributed by atoms with E-state index in [9.17, 15) is 19.5 Å². The fourth-order valence-corrected chi connectivity index (χ4v) is 3.45. The predicted molar refractivity (Wildman–Crippen MR) is 92.9 cm³/mol. The molecule has 128 valence electrons. The first-order valence-electron chi connectivity index (χ1n) is 7.59. The molecule has 3 rings (SSSR count). The van der Waals surface area contributed by atoms with Crippen LogP contribution in [0, 0.1) is 6.92 Å². The van der Waals surface area contributed by atoms with Crippen LogP contribution in [-0.4, -0.2) is 27.4 Å². The van der Waals surface area contributed by atoms with Gasteiger partial charge in [-0.25, -0.2) is 0 Å². The lowest BCUT2D eigenvalue weighted by atomic mass is 10.1. The Hall–Kier alpha value is -2.80. The highest BCUT2D eigenvalue weighted by atomic mass is 32.2. The van der Waals surface area contributed by atoms with Crippen molar-refractivity contribution < 1.29 is 19.5 Å². The molecule has 1 fully saturated rings. The molecule has 1 atom stereocenters. The Morgan fingerprint density at radius 3 is 2.68 bits per heavy atom. The zero-order valence-electron chi connectivity index (χ0n) is 13.4. The highest BCUT2D eigenvalue weighted by molar-refractivity contribution is 8.15. The molecule has 0 saturated carbocycles. The zero-order chi connectivity index (χ0) is 18.0. The van der Waals surface area contributed by atoms with Gasteiger partial charge in [0, 0.05) is 5.69 Å². The summed E-state index contributed by atoms with van der Waals surface area (Å²) in [4.78, 5) is 36.7. The lowest BCUT2D eigenvalue weighted by molar-refractivity contribution is -0.255. The van der Waals surface area contributed by atoms with Gasteiger partial charge in [0.15, 0.2) is 5.37 Å². The van der Waals surface area contributed by atoms with Gasteiger partial charge in [0.05, 0.1) is 12.5 Å².